The summed E-state index contributed by atoms with van der Waals surface area (Å²) in [7, 11) is 0. The molecule has 25 heavy (non-hydrogen) atoms. The molecular formula is C22H22N2O. The monoisotopic (exact) mass is 330 g/mol. The Morgan fingerprint density at radius 2 is 1.88 bits per heavy atom. The number of carbonyl (C=O) groups is 1. The number of nitrogens with zero attached hydrogens (tertiary/aromatic N) is 2. The summed E-state index contributed by atoms with van der Waals surface area (Å²) >= 11 is 0. The van der Waals surface area contributed by atoms with Crippen molar-refractivity contribution in [2.45, 2.75) is 32.6 Å². The lowest BCUT2D eigenvalue weighted by molar-refractivity contribution is 0.0976. The Labute approximate surface area is 148 Å². The summed E-state index contributed by atoms with van der Waals surface area (Å²) in [5, 5.41) is 2.42. The third-order valence-corrected chi connectivity index (χ3v) is 4.07. The van der Waals surface area contributed by atoms with E-state index in [1.54, 1.807) is 6.07 Å². The first kappa shape index (κ1) is 17.0. The van der Waals surface area contributed by atoms with Gasteiger partial charge in [-0.2, -0.15) is 0 Å². The molecule has 3 aromatic rings. The van der Waals surface area contributed by atoms with Gasteiger partial charge in [0.25, 0.3) is 0 Å². The largest absolute Gasteiger partial charge is 0.292 e. The van der Waals surface area contributed by atoms with Gasteiger partial charge < -0.3 is 0 Å². The summed E-state index contributed by atoms with van der Waals surface area (Å²) in [4.78, 5) is 20.9. The first-order chi connectivity index (χ1) is 12.3. The van der Waals surface area contributed by atoms with Gasteiger partial charge >= 0.3 is 0 Å². The van der Waals surface area contributed by atoms with Crippen LogP contribution in [0.2, 0.25) is 0 Å². The molecule has 0 radical (unpaired) electrons. The van der Waals surface area contributed by atoms with Gasteiger partial charge in [-0.1, -0.05) is 43.3 Å². The van der Waals surface area contributed by atoms with Gasteiger partial charge in [0.2, 0.25) is 0 Å². The maximum absolute atomic E-state index is 11.9. The van der Waals surface area contributed by atoms with E-state index in [0.29, 0.717) is 12.1 Å². The van der Waals surface area contributed by atoms with Crippen LogP contribution >= 0.6 is 0 Å². The van der Waals surface area contributed by atoms with Crippen LogP contribution < -0.4 is 0 Å². The van der Waals surface area contributed by atoms with Crippen LogP contribution in [0.3, 0.4) is 0 Å². The summed E-state index contributed by atoms with van der Waals surface area (Å²) in [6.45, 7) is 2.00. The Morgan fingerprint density at radius 1 is 1.04 bits per heavy atom. The fourth-order valence-corrected chi connectivity index (χ4v) is 2.77. The molecule has 0 atom stereocenters. The number of ketones is 1. The lowest BCUT2D eigenvalue weighted by atomic mass is 10.1. The Bertz CT molecular complexity index is 899. The molecule has 0 fully saturated rings. The summed E-state index contributed by atoms with van der Waals surface area (Å²) < 4.78 is 0. The highest BCUT2D eigenvalue weighted by molar-refractivity contribution is 5.94. The summed E-state index contributed by atoms with van der Waals surface area (Å²) in [6, 6.07) is 20.1. The van der Waals surface area contributed by atoms with E-state index in [-0.39, 0.29) is 5.78 Å². The average molecular weight is 330 g/mol. The SMILES string of the molecule is CCCC(=O)c1cccc(CCC=Nc2ccc3ccccc3c2)n1. The maximum Gasteiger partial charge on any atom is 0.181 e. The van der Waals surface area contributed by atoms with E-state index >= 15 is 0 Å². The molecule has 0 saturated heterocycles. The number of pyridine rings is 1. The van der Waals surface area contributed by atoms with Crippen molar-refractivity contribution in [2.24, 2.45) is 4.99 Å². The molecule has 0 aliphatic rings. The van der Waals surface area contributed by atoms with Crippen molar-refractivity contribution >= 4 is 28.5 Å². The van der Waals surface area contributed by atoms with Gasteiger partial charge in [0, 0.05) is 18.3 Å². The van der Waals surface area contributed by atoms with Crippen molar-refractivity contribution in [1.29, 1.82) is 0 Å². The third-order valence-electron chi connectivity index (χ3n) is 4.07. The number of Topliss-reactive ketones (excluding diaryl/α,β-unsaturated/α-hetero) is 1. The highest BCUT2D eigenvalue weighted by Crippen LogP contribution is 2.20. The summed E-state index contributed by atoms with van der Waals surface area (Å²) in [5.41, 5.74) is 2.47. The molecule has 0 spiro atoms. The lowest BCUT2D eigenvalue weighted by Gasteiger charge is -2.02. The molecule has 2 aromatic carbocycles. The maximum atomic E-state index is 11.9. The van der Waals surface area contributed by atoms with Crippen molar-refractivity contribution in [2.75, 3.05) is 0 Å². The third kappa shape index (κ3) is 4.60. The van der Waals surface area contributed by atoms with Crippen molar-refractivity contribution in [1.82, 2.24) is 4.98 Å². The molecule has 3 nitrogen and oxygen atoms in total. The van der Waals surface area contributed by atoms with Gasteiger partial charge in [-0.15, -0.1) is 0 Å². The van der Waals surface area contributed by atoms with Gasteiger partial charge in [-0.25, -0.2) is 4.98 Å². The highest BCUT2D eigenvalue weighted by atomic mass is 16.1. The van der Waals surface area contributed by atoms with Gasteiger partial charge in [0.15, 0.2) is 5.78 Å². The number of aliphatic imine (C=N–C) groups is 1. The second-order valence-corrected chi connectivity index (χ2v) is 6.07. The number of aromatic nitrogens is 1. The Morgan fingerprint density at radius 3 is 2.72 bits per heavy atom. The predicted octanol–water partition coefficient (Wildman–Crippen LogP) is 5.55. The molecule has 0 unspecified atom stereocenters. The van der Waals surface area contributed by atoms with Gasteiger partial charge in [0.1, 0.15) is 5.69 Å². The molecule has 126 valence electrons. The molecule has 0 bridgehead atoms. The number of aryl methyl sites for hydroxylation is 1. The molecule has 0 aliphatic heterocycles. The second kappa shape index (κ2) is 8.34. The minimum Gasteiger partial charge on any atom is -0.292 e. The fourth-order valence-electron chi connectivity index (χ4n) is 2.77. The van der Waals surface area contributed by atoms with E-state index < -0.39 is 0 Å². The summed E-state index contributed by atoms with van der Waals surface area (Å²) in [6.07, 6.45) is 4.91. The van der Waals surface area contributed by atoms with Crippen molar-refractivity contribution in [3.63, 3.8) is 0 Å². The quantitative estimate of drug-likeness (QED) is 0.421. The first-order valence-corrected chi connectivity index (χ1v) is 8.77. The highest BCUT2D eigenvalue weighted by Gasteiger charge is 2.06. The van der Waals surface area contributed by atoms with Crippen LogP contribution in [0.25, 0.3) is 10.8 Å². The van der Waals surface area contributed by atoms with Crippen LogP contribution in [-0.2, 0) is 6.42 Å². The normalized spacial score (nSPS) is 11.2. The Kier molecular flexibility index (Phi) is 5.68. The van der Waals surface area contributed by atoms with Crippen LogP contribution in [0.15, 0.2) is 65.7 Å². The predicted molar refractivity (Wildman–Crippen MR) is 104 cm³/mol. The molecule has 1 aromatic heterocycles. The zero-order valence-corrected chi connectivity index (χ0v) is 14.5. The molecule has 0 amide bonds. The number of hydrogen-bond donors (Lipinski definition) is 0. The Hall–Kier alpha value is -2.81. The van der Waals surface area contributed by atoms with Crippen LogP contribution in [0.5, 0.6) is 0 Å². The molecule has 0 N–H and O–H groups in total. The zero-order chi connectivity index (χ0) is 17.5. The fraction of sp³-hybridized carbons (Fsp3) is 0.227. The van der Waals surface area contributed by atoms with Crippen LogP contribution in [0.1, 0.15) is 42.4 Å². The molecule has 1 heterocycles. The zero-order valence-electron chi connectivity index (χ0n) is 14.5. The standard InChI is InChI=1S/C22H22N2O/c1-2-7-22(25)21-12-5-10-19(24-21)11-6-15-23-20-14-13-17-8-3-4-9-18(17)16-20/h3-5,8-10,12-16H,2,6-7,11H2,1H3. The number of carbonyl (C=O) groups excluding carboxylic acids is 1. The van der Waals surface area contributed by atoms with Gasteiger partial charge in [-0.3, -0.25) is 9.79 Å². The number of fused-ring (bicyclic) bond motifs is 1. The summed E-state index contributed by atoms with van der Waals surface area (Å²) in [5.74, 6) is 0.120. The first-order valence-electron chi connectivity index (χ1n) is 8.77. The Balaban J connectivity index is 1.61. The smallest absolute Gasteiger partial charge is 0.181 e. The van der Waals surface area contributed by atoms with E-state index in [4.69, 9.17) is 0 Å². The topological polar surface area (TPSA) is 42.3 Å². The van der Waals surface area contributed by atoms with Crippen molar-refractivity contribution in [3.8, 4) is 0 Å². The van der Waals surface area contributed by atoms with Crippen LogP contribution in [0.4, 0.5) is 5.69 Å². The molecule has 3 rings (SSSR count). The number of benzene rings is 2. The average Bonchev–Trinajstić information content (AvgIpc) is 2.65. The number of hydrogen-bond acceptors (Lipinski definition) is 3. The van der Waals surface area contributed by atoms with E-state index in [9.17, 15) is 4.79 Å². The van der Waals surface area contributed by atoms with E-state index in [1.807, 2.05) is 43.5 Å². The molecule has 0 aliphatic carbocycles. The molecular weight excluding hydrogens is 308 g/mol. The van der Waals surface area contributed by atoms with Crippen molar-refractivity contribution in [3.05, 3.63) is 72.1 Å². The molecule has 3 heteroatoms. The van der Waals surface area contributed by atoms with Gasteiger partial charge in [-0.05, 0) is 54.3 Å². The molecule has 0 saturated carbocycles. The second-order valence-electron chi connectivity index (χ2n) is 6.07. The van der Waals surface area contributed by atoms with Crippen LogP contribution in [0, 0.1) is 0 Å². The van der Waals surface area contributed by atoms with Crippen molar-refractivity contribution < 1.29 is 4.79 Å². The van der Waals surface area contributed by atoms with E-state index in [2.05, 4.69) is 34.2 Å². The number of rotatable bonds is 7. The minimum atomic E-state index is 0.120. The van der Waals surface area contributed by atoms with Gasteiger partial charge in [0.05, 0.1) is 5.69 Å². The van der Waals surface area contributed by atoms with E-state index in [1.165, 1.54) is 10.8 Å². The van der Waals surface area contributed by atoms with Crippen LogP contribution in [-0.4, -0.2) is 17.0 Å². The minimum absolute atomic E-state index is 0.120. The van der Waals surface area contributed by atoms with E-state index in [0.717, 1.165) is 30.6 Å². The lowest BCUT2D eigenvalue weighted by Crippen LogP contribution is -2.03.